The van der Waals surface area contributed by atoms with Gasteiger partial charge >= 0.3 is 0 Å². The fraction of sp³-hybridized carbons (Fsp3) is 0.0952. The second-order valence-corrected chi connectivity index (χ2v) is 11.9. The monoisotopic (exact) mass is 539 g/mol. The van der Waals surface area contributed by atoms with Gasteiger partial charge in [0.25, 0.3) is 10.0 Å². The maximum atomic E-state index is 13.2. The maximum Gasteiger partial charge on any atom is 0.294 e. The number of anilines is 2. The van der Waals surface area contributed by atoms with Crippen molar-refractivity contribution >= 4 is 84.7 Å². The molecule has 1 aliphatic heterocycles. The lowest BCUT2D eigenvalue weighted by Crippen LogP contribution is -2.33. The van der Waals surface area contributed by atoms with Crippen LogP contribution in [0.1, 0.15) is 6.42 Å². The topological polar surface area (TPSA) is 95.9 Å². The molecule has 1 fully saturated rings. The van der Waals surface area contributed by atoms with Crippen molar-refractivity contribution in [2.75, 3.05) is 10.2 Å². The van der Waals surface area contributed by atoms with Crippen LogP contribution in [0.15, 0.2) is 75.3 Å². The predicted molar refractivity (Wildman–Crippen MR) is 134 cm³/mol. The standard InChI is InChI=1S/C21H15Cl2N3O4S3/c22-13-6-8-14(9-7-13)24-18(27)12-16-20(28)26(15-4-2-1-3-5-15)21(31-16)25-33(29,30)19-11-10-17(23)32-19/h1-11,16H,12H2,(H,24,27)/t16-/m1/s1. The Morgan fingerprint density at radius 1 is 1.03 bits per heavy atom. The lowest BCUT2D eigenvalue weighted by molar-refractivity contribution is -0.121. The average molecular weight is 540 g/mol. The van der Waals surface area contributed by atoms with Crippen LogP contribution in [-0.2, 0) is 19.6 Å². The van der Waals surface area contributed by atoms with Crippen molar-refractivity contribution in [1.82, 2.24) is 0 Å². The van der Waals surface area contributed by atoms with Gasteiger partial charge in [0.2, 0.25) is 11.8 Å². The SMILES string of the molecule is O=C(C[C@H]1SC(=NS(=O)(=O)c2ccc(Cl)s2)N(c2ccccc2)C1=O)Nc1ccc(Cl)cc1. The first-order chi connectivity index (χ1) is 15.7. The molecule has 0 radical (unpaired) electrons. The van der Waals surface area contributed by atoms with Gasteiger partial charge in [-0.1, -0.05) is 53.2 Å². The van der Waals surface area contributed by atoms with Crippen LogP contribution in [0, 0.1) is 0 Å². The van der Waals surface area contributed by atoms with Crippen molar-refractivity contribution < 1.29 is 18.0 Å². The summed E-state index contributed by atoms with van der Waals surface area (Å²) in [5, 5.41) is 2.36. The molecule has 12 heteroatoms. The molecule has 1 atom stereocenters. The highest BCUT2D eigenvalue weighted by Gasteiger charge is 2.41. The molecule has 33 heavy (non-hydrogen) atoms. The third-order valence-corrected chi connectivity index (χ3v) is 8.92. The van der Waals surface area contributed by atoms with Crippen molar-refractivity contribution in [2.24, 2.45) is 4.40 Å². The van der Waals surface area contributed by atoms with Crippen LogP contribution in [-0.4, -0.2) is 30.6 Å². The summed E-state index contributed by atoms with van der Waals surface area (Å²) >= 11 is 13.5. The van der Waals surface area contributed by atoms with Crippen molar-refractivity contribution in [3.05, 3.63) is 76.1 Å². The number of rotatable bonds is 6. The number of nitrogens with zero attached hydrogens (tertiary/aromatic N) is 2. The quantitative estimate of drug-likeness (QED) is 0.459. The minimum absolute atomic E-state index is 0.0278. The van der Waals surface area contributed by atoms with E-state index in [1.54, 1.807) is 54.6 Å². The number of para-hydroxylation sites is 1. The Labute approximate surface area is 208 Å². The summed E-state index contributed by atoms with van der Waals surface area (Å²) in [4.78, 5) is 27.0. The molecule has 0 unspecified atom stereocenters. The number of carbonyl (C=O) groups excluding carboxylic acids is 2. The second kappa shape index (κ2) is 9.86. The Balaban J connectivity index is 1.61. The summed E-state index contributed by atoms with van der Waals surface area (Å²) in [6, 6.07) is 17.9. The first kappa shape index (κ1) is 23.8. The molecular weight excluding hydrogens is 525 g/mol. The zero-order chi connectivity index (χ0) is 23.6. The van der Waals surface area contributed by atoms with E-state index in [0.717, 1.165) is 23.1 Å². The molecule has 1 aromatic heterocycles. The van der Waals surface area contributed by atoms with Gasteiger partial charge in [0.15, 0.2) is 5.17 Å². The highest BCUT2D eigenvalue weighted by Crippen LogP contribution is 2.36. The molecule has 7 nitrogen and oxygen atoms in total. The lowest BCUT2D eigenvalue weighted by atomic mass is 10.2. The number of hydrogen-bond acceptors (Lipinski definition) is 6. The highest BCUT2D eigenvalue weighted by molar-refractivity contribution is 8.16. The summed E-state index contributed by atoms with van der Waals surface area (Å²) in [7, 11) is -4.10. The predicted octanol–water partition coefficient (Wildman–Crippen LogP) is 5.28. The number of thioether (sulfide) groups is 1. The van der Waals surface area contributed by atoms with Crippen LogP contribution >= 0.6 is 46.3 Å². The van der Waals surface area contributed by atoms with E-state index in [1.165, 1.54) is 17.0 Å². The van der Waals surface area contributed by atoms with Crippen molar-refractivity contribution in [3.63, 3.8) is 0 Å². The fourth-order valence-corrected chi connectivity index (χ4v) is 6.89. The lowest BCUT2D eigenvalue weighted by Gasteiger charge is -2.16. The number of halogens is 2. The number of carbonyl (C=O) groups is 2. The van der Waals surface area contributed by atoms with E-state index in [4.69, 9.17) is 23.2 Å². The van der Waals surface area contributed by atoms with E-state index in [9.17, 15) is 18.0 Å². The van der Waals surface area contributed by atoms with Gasteiger partial charge in [0.05, 0.1) is 10.0 Å². The fourth-order valence-electron chi connectivity index (χ4n) is 2.97. The molecule has 4 rings (SSSR count). The largest absolute Gasteiger partial charge is 0.326 e. The van der Waals surface area contributed by atoms with Gasteiger partial charge in [0.1, 0.15) is 9.46 Å². The maximum absolute atomic E-state index is 13.2. The molecular formula is C21H15Cl2N3O4S3. The van der Waals surface area contributed by atoms with Crippen molar-refractivity contribution in [2.45, 2.75) is 15.9 Å². The average Bonchev–Trinajstić information content (AvgIpc) is 3.34. The molecule has 1 N–H and O–H groups in total. The number of hydrogen-bond donors (Lipinski definition) is 1. The van der Waals surface area contributed by atoms with E-state index >= 15 is 0 Å². The van der Waals surface area contributed by atoms with Crippen LogP contribution < -0.4 is 10.2 Å². The molecule has 0 bridgehead atoms. The molecule has 1 aliphatic rings. The number of amides is 2. The summed E-state index contributed by atoms with van der Waals surface area (Å²) in [5.41, 5.74) is 0.986. The Morgan fingerprint density at radius 2 is 1.73 bits per heavy atom. The van der Waals surface area contributed by atoms with E-state index in [1.807, 2.05) is 0 Å². The van der Waals surface area contributed by atoms with Crippen molar-refractivity contribution in [1.29, 1.82) is 0 Å². The van der Waals surface area contributed by atoms with Gasteiger partial charge in [-0.05, 0) is 48.5 Å². The van der Waals surface area contributed by atoms with Gasteiger partial charge in [0, 0.05) is 17.1 Å². The molecule has 0 spiro atoms. The summed E-state index contributed by atoms with van der Waals surface area (Å²) in [6.07, 6.45) is -0.167. The van der Waals surface area contributed by atoms with Crippen LogP contribution in [0.2, 0.25) is 9.36 Å². The van der Waals surface area contributed by atoms with Crippen molar-refractivity contribution in [3.8, 4) is 0 Å². The van der Waals surface area contributed by atoms with Gasteiger partial charge in [-0.3, -0.25) is 14.5 Å². The number of benzene rings is 2. The van der Waals surface area contributed by atoms with E-state index < -0.39 is 27.1 Å². The molecule has 1 saturated heterocycles. The Morgan fingerprint density at radius 3 is 2.36 bits per heavy atom. The van der Waals surface area contributed by atoms with Crippen LogP contribution in [0.25, 0.3) is 0 Å². The summed E-state index contributed by atoms with van der Waals surface area (Å²) in [6.45, 7) is 0. The third-order valence-electron chi connectivity index (χ3n) is 4.45. The van der Waals surface area contributed by atoms with Crippen LogP contribution in [0.3, 0.4) is 0 Å². The van der Waals surface area contributed by atoms with Gasteiger partial charge in [-0.15, -0.1) is 15.7 Å². The number of sulfonamides is 1. The normalized spacial score (nSPS) is 17.5. The Hall–Kier alpha value is -2.37. The number of amidine groups is 1. The van der Waals surface area contributed by atoms with E-state index in [-0.39, 0.29) is 15.8 Å². The van der Waals surface area contributed by atoms with Crippen LogP contribution in [0.4, 0.5) is 11.4 Å². The highest BCUT2D eigenvalue weighted by atomic mass is 35.5. The van der Waals surface area contributed by atoms with Crippen LogP contribution in [0.5, 0.6) is 0 Å². The molecule has 0 saturated carbocycles. The van der Waals surface area contributed by atoms with E-state index in [2.05, 4.69) is 9.71 Å². The molecule has 2 aromatic carbocycles. The minimum Gasteiger partial charge on any atom is -0.326 e. The first-order valence-corrected chi connectivity index (χ1v) is 13.3. The molecule has 3 aromatic rings. The first-order valence-electron chi connectivity index (χ1n) is 9.44. The zero-order valence-corrected chi connectivity index (χ0v) is 20.6. The third kappa shape index (κ3) is 5.59. The Kier molecular flexibility index (Phi) is 7.10. The Bertz CT molecular complexity index is 1330. The minimum atomic E-state index is -4.10. The summed E-state index contributed by atoms with van der Waals surface area (Å²) in [5.74, 6) is -0.832. The summed E-state index contributed by atoms with van der Waals surface area (Å²) < 4.78 is 29.8. The smallest absolute Gasteiger partial charge is 0.294 e. The number of nitrogens with one attached hydrogen (secondary N) is 1. The zero-order valence-electron chi connectivity index (χ0n) is 16.6. The van der Waals surface area contributed by atoms with Gasteiger partial charge in [-0.25, -0.2) is 0 Å². The van der Waals surface area contributed by atoms with Gasteiger partial charge in [-0.2, -0.15) is 8.42 Å². The van der Waals surface area contributed by atoms with Gasteiger partial charge < -0.3 is 5.32 Å². The molecule has 0 aliphatic carbocycles. The molecule has 2 amide bonds. The molecule has 2 heterocycles. The number of thiophene rings is 1. The second-order valence-electron chi connectivity index (χ2n) is 6.78. The molecule has 170 valence electrons. The van der Waals surface area contributed by atoms with E-state index in [0.29, 0.717) is 20.7 Å².